The zero-order valence-electron chi connectivity index (χ0n) is 14.4. The Bertz CT molecular complexity index is 504. The molecule has 170 valence electrons. The molecule has 0 heterocycles. The molecule has 0 aliphatic heterocycles. The van der Waals surface area contributed by atoms with E-state index in [1.54, 1.807) is 0 Å². The average molecular weight is 1600 g/mol. The van der Waals surface area contributed by atoms with Crippen LogP contribution in [0.1, 0.15) is 0 Å². The van der Waals surface area contributed by atoms with Crippen molar-refractivity contribution in [3.63, 3.8) is 0 Å². The molecule has 32 heavy (non-hydrogen) atoms. The van der Waals surface area contributed by atoms with Crippen molar-refractivity contribution >= 4 is 178 Å². The molecule has 0 unspecified atom stereocenters. The van der Waals surface area contributed by atoms with E-state index in [0.29, 0.717) is 0 Å². The van der Waals surface area contributed by atoms with Crippen molar-refractivity contribution in [3.05, 3.63) is 0 Å². The van der Waals surface area contributed by atoms with Crippen LogP contribution in [0.2, 0.25) is 0 Å². The molecule has 0 aromatic carbocycles. The predicted molar refractivity (Wildman–Crippen MR) is 51.8 cm³/mol. The topological polar surface area (TPSA) is 447 Å². The molecule has 0 aromatic rings. The van der Waals surface area contributed by atoms with Gasteiger partial charge in [-0.05, 0) is 0 Å². The number of hydrogen-bond donors (Lipinski definition) is 0. The van der Waals surface area contributed by atoms with Crippen LogP contribution in [0.3, 0.4) is 0 Å². The minimum absolute atomic E-state index is 0. The Labute approximate surface area is 342 Å². The summed E-state index contributed by atoms with van der Waals surface area (Å²) in [5, 5.41) is 0. The Hall–Kier alpha value is 7.11. The summed E-state index contributed by atoms with van der Waals surface area (Å²) in [5.74, 6) is 0. The molecule has 0 saturated carbocycles. The van der Waals surface area contributed by atoms with Gasteiger partial charge >= 0.3 is 244 Å². The minimum atomic E-state index is -5.39. The van der Waals surface area contributed by atoms with Crippen molar-refractivity contribution in [2.75, 3.05) is 0 Å². The van der Waals surface area contributed by atoms with Gasteiger partial charge in [0.25, 0.3) is 0 Å². The van der Waals surface area contributed by atoms with Crippen LogP contribution >= 0.6 is 31.3 Å². The zero-order valence-corrected chi connectivity index (χ0v) is 43.8. The molecule has 0 rings (SSSR count). The quantitative estimate of drug-likeness (QED) is 0.160. The molecule has 0 atom stereocenters. The van der Waals surface area contributed by atoms with Crippen LogP contribution in [0.5, 0.6) is 0 Å². The van der Waals surface area contributed by atoms with Crippen molar-refractivity contribution in [2.45, 2.75) is 0 Å². The molecule has 0 aliphatic carbocycles. The normalized spacial score (nSPS) is 8.12. The van der Waals surface area contributed by atoms with E-state index < -0.39 is 115 Å². The molecule has 0 bridgehead atoms. The van der Waals surface area contributed by atoms with Crippen molar-refractivity contribution in [1.82, 2.24) is 0 Å². The predicted octanol–water partition coefficient (Wildman–Crippen LogP) is -13.2. The van der Waals surface area contributed by atoms with Crippen LogP contribution < -0.4 is 58.7 Å². The van der Waals surface area contributed by atoms with E-state index in [1.807, 2.05) is 0 Å². The molecule has 22 nitrogen and oxygen atoms in total. The summed E-state index contributed by atoms with van der Waals surface area (Å²) in [7, 11) is -21.6. The van der Waals surface area contributed by atoms with Crippen LogP contribution in [-0.2, 0) is 31.7 Å². The zero-order chi connectivity index (χ0) is 26.1. The Morgan fingerprint density at radius 3 is 0.312 bits per heavy atom. The van der Waals surface area contributed by atoms with Gasteiger partial charge in [-0.1, -0.05) is 0 Å². The SMILES string of the molecule is O=P([O-])([O-])[O-].O=P([O-])([O-])[O-].O=P([O-])([O-])[O-].O=P([O-])([O-])[O-].[Ba+2].[Ba+2].[Ba+2].[O]=[U+2]=[O].[O]=[U+2]=[O].[O]=[U+2]=[O]. The Kier molecular flexibility index (Phi) is 94.5. The first-order valence-corrected chi connectivity index (χ1v) is 20.2. The molecular formula is Ba3O22P4U3. The van der Waals surface area contributed by atoms with Crippen LogP contribution in [-0.4, -0.2) is 147 Å². The summed E-state index contributed by atoms with van der Waals surface area (Å²) < 4.78 is 85.7. The monoisotopic (exact) mass is 1600 g/mol. The van der Waals surface area contributed by atoms with Crippen molar-refractivity contribution < 1.29 is 174 Å². The Balaban J connectivity index is -0.0000000220. The molecule has 0 amide bonds. The second-order valence-electron chi connectivity index (χ2n) is 2.04. The van der Waals surface area contributed by atoms with Gasteiger partial charge in [-0.25, -0.2) is 0 Å². The van der Waals surface area contributed by atoms with E-state index in [2.05, 4.69) is 0 Å². The molecule has 0 saturated heterocycles. The van der Waals surface area contributed by atoms with Gasteiger partial charge in [0.05, 0.1) is 0 Å². The third-order valence-electron chi connectivity index (χ3n) is 0. The van der Waals surface area contributed by atoms with E-state index >= 15 is 0 Å². The maximum atomic E-state index is 8.58. The second kappa shape index (κ2) is 45.1. The molecule has 0 radical (unpaired) electrons. The fourth-order valence-corrected chi connectivity index (χ4v) is 0. The van der Waals surface area contributed by atoms with E-state index in [-0.39, 0.29) is 147 Å². The van der Waals surface area contributed by atoms with Crippen LogP contribution in [0.25, 0.3) is 0 Å². The molecular weight excluding hydrogens is 1600 g/mol. The van der Waals surface area contributed by atoms with E-state index in [9.17, 15) is 0 Å². The fourth-order valence-electron chi connectivity index (χ4n) is 0. The maximum absolute atomic E-state index is 8.58. The first kappa shape index (κ1) is 67.0. The summed E-state index contributed by atoms with van der Waals surface area (Å²) in [6.07, 6.45) is 0. The van der Waals surface area contributed by atoms with Gasteiger partial charge in [0.1, 0.15) is 0 Å². The average Bonchev–Trinajstić information content (AvgIpc) is 2.20. The summed E-state index contributed by atoms with van der Waals surface area (Å²) in [6, 6.07) is 0. The molecule has 0 fully saturated rings. The van der Waals surface area contributed by atoms with E-state index in [0.717, 1.165) is 0 Å². The summed E-state index contributed by atoms with van der Waals surface area (Å²) in [6.45, 7) is 0. The van der Waals surface area contributed by atoms with Gasteiger partial charge < -0.3 is 77.0 Å². The van der Waals surface area contributed by atoms with Crippen LogP contribution in [0, 0.1) is 83.5 Å². The van der Waals surface area contributed by atoms with Gasteiger partial charge in [-0.15, -0.1) is 0 Å². The third kappa shape index (κ3) is 957. The van der Waals surface area contributed by atoms with Crippen LogP contribution in [0.4, 0.5) is 0 Å². The molecule has 0 aromatic heterocycles. The number of rotatable bonds is 0. The molecule has 0 N–H and O–H groups in total. The molecule has 32 heteroatoms. The van der Waals surface area contributed by atoms with Gasteiger partial charge in [-0.3, -0.25) is 0 Å². The van der Waals surface area contributed by atoms with Crippen molar-refractivity contribution in [1.29, 1.82) is 0 Å². The Morgan fingerprint density at radius 2 is 0.312 bits per heavy atom. The standard InChI is InChI=1S/3Ba.4H3O4P.6O.3U/c;;;4*1-5(2,3)4;;;;;;;;;/h;;;4*(H3,1,2,3,4);;;;;;;;;/q3*+2;;;;;;;;;;;3*+2/p-12. The van der Waals surface area contributed by atoms with Crippen molar-refractivity contribution in [2.24, 2.45) is 0 Å². The van der Waals surface area contributed by atoms with Gasteiger partial charge in [0.15, 0.2) is 0 Å². The van der Waals surface area contributed by atoms with E-state index in [4.69, 9.17) is 90.4 Å². The second-order valence-corrected chi connectivity index (χ2v) is 7.70. The van der Waals surface area contributed by atoms with E-state index in [1.165, 1.54) is 0 Å². The number of hydrogen-bond acceptors (Lipinski definition) is 22. The molecule has 0 aliphatic rings. The van der Waals surface area contributed by atoms with Gasteiger partial charge in [0, 0.05) is 0 Å². The van der Waals surface area contributed by atoms with Crippen molar-refractivity contribution in [3.8, 4) is 0 Å². The number of phosphoric acid groups is 4. The molecule has 0 spiro atoms. The summed E-state index contributed by atoms with van der Waals surface area (Å²) in [5.41, 5.74) is 0. The summed E-state index contributed by atoms with van der Waals surface area (Å²) in [4.78, 5) is 103. The fraction of sp³-hybridized carbons (Fsp3) is 0. The first-order chi connectivity index (χ1) is 12.2. The van der Waals surface area contributed by atoms with Gasteiger partial charge in [0.2, 0.25) is 0 Å². The Morgan fingerprint density at radius 1 is 0.312 bits per heavy atom. The van der Waals surface area contributed by atoms with Crippen LogP contribution in [0.15, 0.2) is 0 Å². The van der Waals surface area contributed by atoms with Gasteiger partial charge in [-0.2, -0.15) is 31.3 Å². The summed E-state index contributed by atoms with van der Waals surface area (Å²) >= 11 is -7.52. The third-order valence-corrected chi connectivity index (χ3v) is 0. The first-order valence-electron chi connectivity index (χ1n) is 4.15.